The summed E-state index contributed by atoms with van der Waals surface area (Å²) in [6.07, 6.45) is 0. The molecule has 0 bridgehead atoms. The molecule has 3 rings (SSSR count). The summed E-state index contributed by atoms with van der Waals surface area (Å²) in [5, 5.41) is 2.08. The van der Waals surface area contributed by atoms with E-state index in [1.165, 1.54) is 11.1 Å². The molecule has 2 nitrogen and oxygen atoms in total. The van der Waals surface area contributed by atoms with Crippen LogP contribution >= 0.6 is 15.9 Å². The van der Waals surface area contributed by atoms with Gasteiger partial charge in [0.05, 0.1) is 0 Å². The minimum absolute atomic E-state index is 0.0774. The first-order valence-electron chi connectivity index (χ1n) is 6.78. The van der Waals surface area contributed by atoms with Crippen LogP contribution in [0.25, 0.3) is 0 Å². The summed E-state index contributed by atoms with van der Waals surface area (Å²) in [4.78, 5) is 6.10. The molecule has 0 aromatic heterocycles. The number of hydroxylamine groups is 2. The van der Waals surface area contributed by atoms with Gasteiger partial charge in [-0.3, -0.25) is 0 Å². The van der Waals surface area contributed by atoms with Crippen LogP contribution in [0, 0.1) is 0 Å². The fourth-order valence-electron chi connectivity index (χ4n) is 2.59. The van der Waals surface area contributed by atoms with Crippen LogP contribution in [0.4, 0.5) is 0 Å². The Bertz CT molecular complexity index is 633. The Hall–Kier alpha value is -1.32. The smallest absolute Gasteiger partial charge is 0.152 e. The third-order valence-corrected chi connectivity index (χ3v) is 3.96. The molecule has 1 unspecified atom stereocenters. The lowest BCUT2D eigenvalue weighted by molar-refractivity contribution is -0.128. The first kappa shape index (κ1) is 13.7. The fraction of sp³-hybridized carbons (Fsp3) is 0.294. The maximum absolute atomic E-state index is 6.10. The monoisotopic (exact) mass is 331 g/mol. The normalized spacial score (nSPS) is 18.7. The highest BCUT2D eigenvalue weighted by atomic mass is 79.9. The van der Waals surface area contributed by atoms with E-state index in [-0.39, 0.29) is 11.6 Å². The van der Waals surface area contributed by atoms with Crippen LogP contribution in [0.3, 0.4) is 0 Å². The number of nitrogens with zero attached hydrogens (tertiary/aromatic N) is 1. The van der Waals surface area contributed by atoms with Gasteiger partial charge in [-0.25, -0.2) is 0 Å². The number of rotatable bonds is 1. The Balaban J connectivity index is 2.13. The SMILES string of the molecule is CC(C)(C)N1Oc2ccccc2C1c1cccc(Br)c1. The largest absolute Gasteiger partial charge is 0.404 e. The van der Waals surface area contributed by atoms with E-state index in [4.69, 9.17) is 4.84 Å². The van der Waals surface area contributed by atoms with Crippen molar-refractivity contribution >= 4 is 15.9 Å². The third kappa shape index (κ3) is 2.36. The van der Waals surface area contributed by atoms with Gasteiger partial charge in [0, 0.05) is 15.6 Å². The van der Waals surface area contributed by atoms with E-state index in [1.54, 1.807) is 0 Å². The van der Waals surface area contributed by atoms with E-state index >= 15 is 0 Å². The molecule has 0 spiro atoms. The predicted molar refractivity (Wildman–Crippen MR) is 84.6 cm³/mol. The second-order valence-electron chi connectivity index (χ2n) is 6.08. The van der Waals surface area contributed by atoms with Crippen molar-refractivity contribution in [1.29, 1.82) is 0 Å². The molecule has 104 valence electrons. The van der Waals surface area contributed by atoms with Gasteiger partial charge in [0.25, 0.3) is 0 Å². The van der Waals surface area contributed by atoms with Gasteiger partial charge in [-0.05, 0) is 44.5 Å². The Morgan fingerprint density at radius 2 is 1.80 bits per heavy atom. The molecule has 1 aliphatic heterocycles. The van der Waals surface area contributed by atoms with Crippen molar-refractivity contribution in [1.82, 2.24) is 5.06 Å². The third-order valence-electron chi connectivity index (χ3n) is 3.47. The fourth-order valence-corrected chi connectivity index (χ4v) is 3.01. The molecule has 0 aliphatic carbocycles. The van der Waals surface area contributed by atoms with E-state index in [9.17, 15) is 0 Å². The highest BCUT2D eigenvalue weighted by Crippen LogP contribution is 2.44. The lowest BCUT2D eigenvalue weighted by atomic mass is 9.95. The van der Waals surface area contributed by atoms with Crippen LogP contribution in [0.15, 0.2) is 53.0 Å². The minimum Gasteiger partial charge on any atom is -0.404 e. The Morgan fingerprint density at radius 1 is 1.05 bits per heavy atom. The van der Waals surface area contributed by atoms with Crippen LogP contribution in [-0.4, -0.2) is 10.6 Å². The molecule has 3 heteroatoms. The molecule has 0 fully saturated rings. The summed E-state index contributed by atoms with van der Waals surface area (Å²) in [5.74, 6) is 0.951. The standard InChI is InChI=1S/C17H18BrNO/c1-17(2,3)19-16(12-7-6-8-13(18)11-12)14-9-4-5-10-15(14)20-19/h4-11,16H,1-3H3. The molecule has 0 radical (unpaired) electrons. The molecule has 1 heterocycles. The molecular formula is C17H18BrNO. The topological polar surface area (TPSA) is 12.5 Å². The van der Waals surface area contributed by atoms with Crippen molar-refractivity contribution in [2.24, 2.45) is 0 Å². The van der Waals surface area contributed by atoms with Gasteiger partial charge in [-0.2, -0.15) is 0 Å². The second kappa shape index (κ2) is 4.90. The summed E-state index contributed by atoms with van der Waals surface area (Å²) in [5.41, 5.74) is 2.38. The number of benzene rings is 2. The van der Waals surface area contributed by atoms with Gasteiger partial charge >= 0.3 is 0 Å². The molecule has 2 aromatic carbocycles. The zero-order valence-corrected chi connectivity index (χ0v) is 13.5. The summed E-state index contributed by atoms with van der Waals surface area (Å²) in [7, 11) is 0. The van der Waals surface area contributed by atoms with Gasteiger partial charge in [-0.1, -0.05) is 46.3 Å². The molecule has 20 heavy (non-hydrogen) atoms. The van der Waals surface area contributed by atoms with E-state index in [2.05, 4.69) is 72.1 Å². The zero-order chi connectivity index (χ0) is 14.3. The molecule has 0 saturated heterocycles. The van der Waals surface area contributed by atoms with Gasteiger partial charge in [-0.15, -0.1) is 5.06 Å². The van der Waals surface area contributed by atoms with Gasteiger partial charge < -0.3 is 4.84 Å². The van der Waals surface area contributed by atoms with Gasteiger partial charge in [0.15, 0.2) is 5.75 Å². The highest BCUT2D eigenvalue weighted by molar-refractivity contribution is 9.10. The number of para-hydroxylation sites is 1. The van der Waals surface area contributed by atoms with Crippen molar-refractivity contribution in [3.8, 4) is 5.75 Å². The van der Waals surface area contributed by atoms with Crippen molar-refractivity contribution in [2.45, 2.75) is 32.4 Å². The molecule has 2 aromatic rings. The lowest BCUT2D eigenvalue weighted by Gasteiger charge is -2.34. The Kier molecular flexibility index (Phi) is 3.35. The lowest BCUT2D eigenvalue weighted by Crippen LogP contribution is -2.43. The summed E-state index contributed by atoms with van der Waals surface area (Å²) < 4.78 is 1.09. The van der Waals surface area contributed by atoms with Crippen LogP contribution in [0.2, 0.25) is 0 Å². The van der Waals surface area contributed by atoms with Gasteiger partial charge in [0.1, 0.15) is 6.04 Å². The quantitative estimate of drug-likeness (QED) is 0.733. The number of hydrogen-bond donors (Lipinski definition) is 0. The van der Waals surface area contributed by atoms with Crippen molar-refractivity contribution < 1.29 is 4.84 Å². The zero-order valence-electron chi connectivity index (χ0n) is 11.9. The molecule has 0 N–H and O–H groups in total. The van der Waals surface area contributed by atoms with Crippen LogP contribution < -0.4 is 4.84 Å². The van der Waals surface area contributed by atoms with Crippen LogP contribution in [0.1, 0.15) is 37.9 Å². The first-order valence-corrected chi connectivity index (χ1v) is 7.58. The van der Waals surface area contributed by atoms with E-state index in [0.29, 0.717) is 0 Å². The molecule has 0 amide bonds. The second-order valence-corrected chi connectivity index (χ2v) is 7.00. The van der Waals surface area contributed by atoms with Crippen LogP contribution in [0.5, 0.6) is 5.75 Å². The highest BCUT2D eigenvalue weighted by Gasteiger charge is 2.40. The molecule has 1 atom stereocenters. The Labute approximate surface area is 128 Å². The molecule has 0 saturated carbocycles. The summed E-state index contributed by atoms with van der Waals surface area (Å²) in [6, 6.07) is 16.8. The van der Waals surface area contributed by atoms with E-state index < -0.39 is 0 Å². The van der Waals surface area contributed by atoms with E-state index in [1.807, 2.05) is 18.2 Å². The molecule has 1 aliphatic rings. The molecular weight excluding hydrogens is 314 g/mol. The van der Waals surface area contributed by atoms with Crippen molar-refractivity contribution in [3.63, 3.8) is 0 Å². The predicted octanol–water partition coefficient (Wildman–Crippen LogP) is 4.95. The summed E-state index contributed by atoms with van der Waals surface area (Å²) >= 11 is 3.56. The van der Waals surface area contributed by atoms with Gasteiger partial charge in [0.2, 0.25) is 0 Å². The first-order chi connectivity index (χ1) is 9.47. The van der Waals surface area contributed by atoms with Crippen molar-refractivity contribution in [3.05, 3.63) is 64.1 Å². The maximum Gasteiger partial charge on any atom is 0.152 e. The minimum atomic E-state index is -0.0774. The maximum atomic E-state index is 6.10. The number of fused-ring (bicyclic) bond motifs is 1. The Morgan fingerprint density at radius 3 is 2.50 bits per heavy atom. The van der Waals surface area contributed by atoms with Crippen molar-refractivity contribution in [2.75, 3.05) is 0 Å². The average molecular weight is 332 g/mol. The average Bonchev–Trinajstić information content (AvgIpc) is 2.78. The summed E-state index contributed by atoms with van der Waals surface area (Å²) in [6.45, 7) is 6.51. The number of halogens is 1. The van der Waals surface area contributed by atoms with E-state index in [0.717, 1.165) is 10.2 Å². The number of hydrogen-bond acceptors (Lipinski definition) is 2. The van der Waals surface area contributed by atoms with Crippen LogP contribution in [-0.2, 0) is 0 Å².